The van der Waals surface area contributed by atoms with Gasteiger partial charge in [0.2, 0.25) is 0 Å². The van der Waals surface area contributed by atoms with Crippen molar-refractivity contribution in [1.29, 1.82) is 0 Å². The van der Waals surface area contributed by atoms with Crippen molar-refractivity contribution >= 4 is 24.2 Å². The molecule has 2 heteroatoms. The Kier molecular flexibility index (Phi) is 18.9. The van der Waals surface area contributed by atoms with Crippen molar-refractivity contribution in [2.75, 3.05) is 24.6 Å². The van der Waals surface area contributed by atoms with Crippen LogP contribution in [0.15, 0.2) is 0 Å². The van der Waals surface area contributed by atoms with Crippen LogP contribution in [0, 0.1) is 0 Å². The van der Waals surface area contributed by atoms with Gasteiger partial charge in [0.1, 0.15) is 0 Å². The van der Waals surface area contributed by atoms with Gasteiger partial charge in [0.15, 0.2) is 0 Å². The number of rotatable bonds is 14. The van der Waals surface area contributed by atoms with Crippen molar-refractivity contribution in [3.63, 3.8) is 0 Å². The molecule has 0 spiro atoms. The van der Waals surface area contributed by atoms with Crippen LogP contribution in [0.2, 0.25) is 0 Å². The first kappa shape index (κ1) is 23.2. The average Bonchev–Trinajstić information content (AvgIpc) is 2.46. The summed E-state index contributed by atoms with van der Waals surface area (Å²) in [7, 11) is -0.808. The molecule has 0 N–H and O–H groups in total. The van der Waals surface area contributed by atoms with Gasteiger partial charge in [0.05, 0.1) is 0 Å². The first-order chi connectivity index (χ1) is 9.24. The van der Waals surface area contributed by atoms with Crippen LogP contribution in [0.25, 0.3) is 0 Å². The standard InChI is InChI=1S/C18H41P.BrH/c1-5-9-10-11-12-13-14-15-16-17-18-19(6-2,7-3)8-4;/h19H,5-18H2,1-4H3;1H. The molecule has 0 unspecified atom stereocenters. The molecule has 0 atom stereocenters. The summed E-state index contributed by atoms with van der Waals surface area (Å²) in [6.45, 7) is 9.62. The second kappa shape index (κ2) is 16.3. The Morgan fingerprint density at radius 1 is 0.500 bits per heavy atom. The Morgan fingerprint density at radius 2 is 0.850 bits per heavy atom. The monoisotopic (exact) mass is 368 g/mol. The van der Waals surface area contributed by atoms with Gasteiger partial charge in [0, 0.05) is 0 Å². The first-order valence-corrected chi connectivity index (χ1v) is 12.1. The summed E-state index contributed by atoms with van der Waals surface area (Å²) < 4.78 is 0. The number of unbranched alkanes of at least 4 members (excludes halogenated alkanes) is 9. The zero-order valence-corrected chi connectivity index (χ0v) is 17.5. The molecular weight excluding hydrogens is 327 g/mol. The summed E-state index contributed by atoms with van der Waals surface area (Å²) in [4.78, 5) is 0. The second-order valence-corrected chi connectivity index (χ2v) is 12.1. The van der Waals surface area contributed by atoms with Crippen LogP contribution in [-0.2, 0) is 0 Å². The van der Waals surface area contributed by atoms with Crippen LogP contribution >= 0.6 is 24.2 Å². The van der Waals surface area contributed by atoms with Crippen LogP contribution in [0.3, 0.4) is 0 Å². The molecule has 0 saturated heterocycles. The molecule has 0 rings (SSSR count). The van der Waals surface area contributed by atoms with Gasteiger partial charge >= 0.3 is 124 Å². The summed E-state index contributed by atoms with van der Waals surface area (Å²) in [6.07, 6.45) is 20.9. The minimum absolute atomic E-state index is 0. The zero-order chi connectivity index (χ0) is 14.4. The van der Waals surface area contributed by atoms with Crippen LogP contribution in [0.1, 0.15) is 91.9 Å². The van der Waals surface area contributed by atoms with Crippen molar-refractivity contribution in [3.05, 3.63) is 0 Å². The van der Waals surface area contributed by atoms with Gasteiger partial charge in [0.25, 0.3) is 0 Å². The van der Waals surface area contributed by atoms with E-state index in [4.69, 9.17) is 0 Å². The van der Waals surface area contributed by atoms with Crippen molar-refractivity contribution in [1.82, 2.24) is 0 Å². The predicted octanol–water partition coefficient (Wildman–Crippen LogP) is 7.29. The Bertz CT molecular complexity index is 170. The SMILES string of the molecule is Br.CCCCCCCCCCCC[PH](CC)(CC)CC. The summed E-state index contributed by atoms with van der Waals surface area (Å²) in [5.74, 6) is 0. The Hall–Kier alpha value is 0.910. The predicted molar refractivity (Wildman–Crippen MR) is 107 cm³/mol. The van der Waals surface area contributed by atoms with Crippen LogP contribution < -0.4 is 0 Å². The van der Waals surface area contributed by atoms with E-state index in [0.717, 1.165) is 0 Å². The average molecular weight is 369 g/mol. The molecule has 0 aliphatic carbocycles. The molecule has 20 heavy (non-hydrogen) atoms. The van der Waals surface area contributed by atoms with Gasteiger partial charge in [-0.1, -0.05) is 0 Å². The number of hydrogen-bond acceptors (Lipinski definition) is 0. The maximum atomic E-state index is 2.44. The molecule has 0 heterocycles. The number of halogens is 1. The molecule has 0 radical (unpaired) electrons. The van der Waals surface area contributed by atoms with Crippen LogP contribution in [0.5, 0.6) is 0 Å². The Balaban J connectivity index is 0. The Labute approximate surface area is 141 Å². The van der Waals surface area contributed by atoms with Gasteiger partial charge in [-0.05, 0) is 0 Å². The summed E-state index contributed by atoms with van der Waals surface area (Å²) in [5, 5.41) is 0. The van der Waals surface area contributed by atoms with Crippen LogP contribution in [0.4, 0.5) is 0 Å². The fourth-order valence-electron chi connectivity index (χ4n) is 3.27. The normalized spacial score (nSPS) is 12.2. The van der Waals surface area contributed by atoms with Gasteiger partial charge < -0.3 is 0 Å². The van der Waals surface area contributed by atoms with Crippen molar-refractivity contribution < 1.29 is 0 Å². The maximum absolute atomic E-state index is 2.44. The molecule has 0 nitrogen and oxygen atoms in total. The van der Waals surface area contributed by atoms with E-state index < -0.39 is 7.26 Å². The van der Waals surface area contributed by atoms with Crippen molar-refractivity contribution in [3.8, 4) is 0 Å². The van der Waals surface area contributed by atoms with Crippen molar-refractivity contribution in [2.45, 2.75) is 91.9 Å². The third kappa shape index (κ3) is 11.6. The van der Waals surface area contributed by atoms with Gasteiger partial charge in [-0.15, -0.1) is 17.0 Å². The molecule has 0 aliphatic heterocycles. The van der Waals surface area contributed by atoms with Gasteiger partial charge in [-0.2, -0.15) is 0 Å². The van der Waals surface area contributed by atoms with Crippen LogP contribution in [-0.4, -0.2) is 24.6 Å². The molecule has 0 aromatic carbocycles. The third-order valence-corrected chi connectivity index (χ3v) is 11.2. The minimum atomic E-state index is -0.808. The topological polar surface area (TPSA) is 0 Å². The van der Waals surface area contributed by atoms with E-state index in [2.05, 4.69) is 27.7 Å². The molecule has 0 aromatic rings. The molecule has 0 aliphatic rings. The molecule has 0 amide bonds. The number of hydrogen-bond donors (Lipinski definition) is 0. The molecule has 0 bridgehead atoms. The zero-order valence-electron chi connectivity index (χ0n) is 14.8. The van der Waals surface area contributed by atoms with E-state index in [-0.39, 0.29) is 17.0 Å². The molecule has 0 fully saturated rings. The summed E-state index contributed by atoms with van der Waals surface area (Å²) >= 11 is 0. The molecule has 0 aromatic heterocycles. The van der Waals surface area contributed by atoms with E-state index in [1.165, 1.54) is 82.7 Å². The van der Waals surface area contributed by atoms with E-state index in [0.29, 0.717) is 0 Å². The Morgan fingerprint density at radius 3 is 1.20 bits per heavy atom. The van der Waals surface area contributed by atoms with E-state index >= 15 is 0 Å². The fourth-order valence-corrected chi connectivity index (χ4v) is 6.83. The van der Waals surface area contributed by atoms with Gasteiger partial charge in [-0.25, -0.2) is 0 Å². The van der Waals surface area contributed by atoms with E-state index in [1.807, 2.05) is 0 Å². The third-order valence-electron chi connectivity index (χ3n) is 5.31. The van der Waals surface area contributed by atoms with E-state index in [9.17, 15) is 0 Å². The summed E-state index contributed by atoms with van der Waals surface area (Å²) in [5.41, 5.74) is 0. The quantitative estimate of drug-likeness (QED) is 0.223. The van der Waals surface area contributed by atoms with Crippen molar-refractivity contribution in [2.24, 2.45) is 0 Å². The molecule has 0 saturated carbocycles. The molecule has 126 valence electrons. The second-order valence-electron chi connectivity index (χ2n) is 6.49. The molecular formula is C18H42BrP. The first-order valence-electron chi connectivity index (χ1n) is 9.24. The fraction of sp³-hybridized carbons (Fsp3) is 1.00. The van der Waals surface area contributed by atoms with E-state index in [1.54, 1.807) is 6.16 Å². The summed E-state index contributed by atoms with van der Waals surface area (Å²) in [6, 6.07) is 0. The van der Waals surface area contributed by atoms with Gasteiger partial charge in [-0.3, -0.25) is 0 Å².